The van der Waals surface area contributed by atoms with Crippen LogP contribution in [-0.4, -0.2) is 0 Å². The molecule has 25 heavy (non-hydrogen) atoms. The predicted octanol–water partition coefficient (Wildman–Crippen LogP) is 7.62. The summed E-state index contributed by atoms with van der Waals surface area (Å²) in [4.78, 5) is 0. The van der Waals surface area contributed by atoms with Gasteiger partial charge in [0.15, 0.2) is 0 Å². The van der Waals surface area contributed by atoms with Gasteiger partial charge in [-0.25, -0.2) is 5.32 Å². The van der Waals surface area contributed by atoms with E-state index in [1.54, 1.807) is 0 Å². The zero-order valence-corrected chi connectivity index (χ0v) is 15.3. The molecule has 0 spiro atoms. The van der Waals surface area contributed by atoms with Crippen LogP contribution in [0.15, 0.2) is 42.5 Å². The van der Waals surface area contributed by atoms with Gasteiger partial charge in [0.2, 0.25) is 0 Å². The van der Waals surface area contributed by atoms with Crippen LogP contribution in [0.3, 0.4) is 0 Å². The predicted molar refractivity (Wildman–Crippen MR) is 107 cm³/mol. The van der Waals surface area contributed by atoms with Crippen LogP contribution in [0.1, 0.15) is 82.1 Å². The van der Waals surface area contributed by atoms with Crippen LogP contribution >= 0.6 is 0 Å². The van der Waals surface area contributed by atoms with Crippen molar-refractivity contribution in [3.63, 3.8) is 0 Å². The molecule has 1 aliphatic heterocycles. The van der Waals surface area contributed by atoms with E-state index in [1.807, 2.05) is 0 Å². The van der Waals surface area contributed by atoms with Gasteiger partial charge in [0, 0.05) is 11.1 Å². The molecule has 1 fully saturated rings. The Morgan fingerprint density at radius 1 is 0.600 bits per heavy atom. The lowest BCUT2D eigenvalue weighted by atomic mass is 9.85. The molecular formula is C24H30N. The molecule has 2 aliphatic rings. The molecule has 2 aromatic carbocycles. The largest absolute Gasteiger partial charge is 0.247 e. The third kappa shape index (κ3) is 3.76. The van der Waals surface area contributed by atoms with Gasteiger partial charge in [0.1, 0.15) is 0 Å². The van der Waals surface area contributed by atoms with Crippen LogP contribution in [0.25, 0.3) is 11.1 Å². The maximum absolute atomic E-state index is 5.02. The molecule has 0 saturated heterocycles. The first-order valence-corrected chi connectivity index (χ1v) is 10.4. The van der Waals surface area contributed by atoms with Crippen molar-refractivity contribution in [1.29, 1.82) is 0 Å². The van der Waals surface area contributed by atoms with Crippen LogP contribution in [0.2, 0.25) is 0 Å². The number of rotatable bonds is 1. The monoisotopic (exact) mass is 332 g/mol. The number of hydrogen-bond donors (Lipinski definition) is 0. The van der Waals surface area contributed by atoms with Gasteiger partial charge in [0.25, 0.3) is 0 Å². The van der Waals surface area contributed by atoms with Crippen molar-refractivity contribution >= 4 is 11.4 Å². The summed E-state index contributed by atoms with van der Waals surface area (Å²) in [5.74, 6) is 0.687. The first kappa shape index (κ1) is 16.7. The van der Waals surface area contributed by atoms with Crippen molar-refractivity contribution in [3.05, 3.63) is 48.0 Å². The maximum Gasteiger partial charge on any atom is 0.0751 e. The number of nitrogens with zero attached hydrogens (tertiary/aromatic N) is 1. The summed E-state index contributed by atoms with van der Waals surface area (Å²) in [6, 6.07) is 15.5. The second-order valence-corrected chi connectivity index (χ2v) is 7.83. The van der Waals surface area contributed by atoms with Crippen LogP contribution in [0, 0.1) is 0 Å². The van der Waals surface area contributed by atoms with Crippen molar-refractivity contribution in [2.75, 3.05) is 0 Å². The Morgan fingerprint density at radius 2 is 1.20 bits per heavy atom. The Hall–Kier alpha value is -1.76. The van der Waals surface area contributed by atoms with E-state index in [-0.39, 0.29) is 0 Å². The van der Waals surface area contributed by atoms with E-state index in [0.29, 0.717) is 5.92 Å². The third-order valence-electron chi connectivity index (χ3n) is 6.04. The molecule has 0 aromatic heterocycles. The topological polar surface area (TPSA) is 14.1 Å². The lowest BCUT2D eigenvalue weighted by Gasteiger charge is -2.20. The van der Waals surface area contributed by atoms with Gasteiger partial charge in [-0.3, -0.25) is 0 Å². The fourth-order valence-electron chi connectivity index (χ4n) is 4.63. The molecule has 131 valence electrons. The molecule has 0 unspecified atom stereocenters. The van der Waals surface area contributed by atoms with E-state index in [9.17, 15) is 0 Å². The molecule has 0 amide bonds. The Bertz CT molecular complexity index is 691. The van der Waals surface area contributed by atoms with Crippen LogP contribution in [0.5, 0.6) is 0 Å². The van der Waals surface area contributed by atoms with E-state index in [0.717, 1.165) is 5.69 Å². The van der Waals surface area contributed by atoms with Crippen LogP contribution < -0.4 is 5.32 Å². The molecule has 1 aliphatic carbocycles. The van der Waals surface area contributed by atoms with Crippen molar-refractivity contribution < 1.29 is 0 Å². The third-order valence-corrected chi connectivity index (χ3v) is 6.04. The van der Waals surface area contributed by atoms with Gasteiger partial charge in [-0.2, -0.15) is 0 Å². The fourth-order valence-corrected chi connectivity index (χ4v) is 4.63. The fraction of sp³-hybridized carbons (Fsp3) is 0.500. The average molecular weight is 333 g/mol. The minimum atomic E-state index is 0.687. The highest BCUT2D eigenvalue weighted by Gasteiger charge is 2.25. The molecule has 4 rings (SSSR count). The summed E-state index contributed by atoms with van der Waals surface area (Å²) in [5, 5.41) is 5.02. The minimum absolute atomic E-state index is 0.687. The quantitative estimate of drug-likeness (QED) is 0.435. The van der Waals surface area contributed by atoms with Crippen molar-refractivity contribution in [2.24, 2.45) is 0 Å². The first-order chi connectivity index (χ1) is 12.4. The summed E-state index contributed by atoms with van der Waals surface area (Å²) in [6.07, 6.45) is 15.4. The van der Waals surface area contributed by atoms with Gasteiger partial charge in [-0.1, -0.05) is 94.2 Å². The Morgan fingerprint density at radius 3 is 1.92 bits per heavy atom. The second kappa shape index (κ2) is 8.08. The molecule has 0 atom stereocenters. The summed E-state index contributed by atoms with van der Waals surface area (Å²) in [6.45, 7) is 0. The molecule has 1 radical (unpaired) electrons. The molecule has 1 saturated carbocycles. The molecule has 0 N–H and O–H groups in total. The van der Waals surface area contributed by atoms with Gasteiger partial charge in [0.05, 0.1) is 11.4 Å². The van der Waals surface area contributed by atoms with Crippen molar-refractivity contribution in [3.8, 4) is 11.1 Å². The Labute approximate surface area is 152 Å². The standard InChI is InChI=1S/C24H30N/c1-2-4-6-8-13-19(14-9-7-5-3-1)20-16-12-17-22-21-15-10-11-18-23(21)25-24(20)22/h10-12,15-19H,1-9,13-14H2. The van der Waals surface area contributed by atoms with Gasteiger partial charge in [-0.15, -0.1) is 0 Å². The van der Waals surface area contributed by atoms with Crippen molar-refractivity contribution in [1.82, 2.24) is 5.32 Å². The highest BCUT2D eigenvalue weighted by atomic mass is 14.9. The van der Waals surface area contributed by atoms with Gasteiger partial charge in [-0.05, 0) is 30.4 Å². The Balaban J connectivity index is 1.57. The van der Waals surface area contributed by atoms with E-state index in [2.05, 4.69) is 42.5 Å². The number of para-hydroxylation sites is 2. The zero-order valence-electron chi connectivity index (χ0n) is 15.3. The van der Waals surface area contributed by atoms with E-state index in [1.165, 1.54) is 93.0 Å². The summed E-state index contributed by atoms with van der Waals surface area (Å²) in [7, 11) is 0. The van der Waals surface area contributed by atoms with E-state index >= 15 is 0 Å². The number of fused-ring (bicyclic) bond motifs is 3. The summed E-state index contributed by atoms with van der Waals surface area (Å²) in [5.41, 5.74) is 6.58. The smallest absolute Gasteiger partial charge is 0.0751 e. The molecule has 1 heterocycles. The van der Waals surface area contributed by atoms with Crippen molar-refractivity contribution in [2.45, 2.75) is 76.5 Å². The molecule has 2 aromatic rings. The van der Waals surface area contributed by atoms with Crippen LogP contribution in [0.4, 0.5) is 11.4 Å². The van der Waals surface area contributed by atoms with Crippen LogP contribution in [-0.2, 0) is 0 Å². The molecule has 1 heteroatoms. The lowest BCUT2D eigenvalue weighted by molar-refractivity contribution is 0.467. The first-order valence-electron chi connectivity index (χ1n) is 10.4. The minimum Gasteiger partial charge on any atom is -0.247 e. The van der Waals surface area contributed by atoms with Gasteiger partial charge < -0.3 is 0 Å². The maximum atomic E-state index is 5.02. The summed E-state index contributed by atoms with van der Waals surface area (Å²) >= 11 is 0. The highest BCUT2D eigenvalue weighted by molar-refractivity contribution is 5.92. The van der Waals surface area contributed by atoms with E-state index < -0.39 is 0 Å². The SMILES string of the molecule is c1ccc2c(c1)[N]c1c-2cccc1C1CCCCCCCCCCC1. The van der Waals surface area contributed by atoms with Gasteiger partial charge >= 0.3 is 0 Å². The number of hydrogen-bond acceptors (Lipinski definition) is 0. The zero-order chi connectivity index (χ0) is 16.9. The number of benzene rings is 2. The normalized spacial score (nSPS) is 19.2. The van der Waals surface area contributed by atoms with E-state index in [4.69, 9.17) is 5.32 Å². The second-order valence-electron chi connectivity index (χ2n) is 7.83. The lowest BCUT2D eigenvalue weighted by Crippen LogP contribution is -2.03. The average Bonchev–Trinajstić information content (AvgIpc) is 3.01. The highest BCUT2D eigenvalue weighted by Crippen LogP contribution is 2.47. The summed E-state index contributed by atoms with van der Waals surface area (Å²) < 4.78 is 0. The molecule has 1 nitrogen and oxygen atoms in total. The Kier molecular flexibility index (Phi) is 5.40. The molecular weight excluding hydrogens is 302 g/mol. The molecule has 0 bridgehead atoms.